The molecule has 100 valence electrons. The van der Waals surface area contributed by atoms with Crippen LogP contribution in [0.25, 0.3) is 0 Å². The summed E-state index contributed by atoms with van der Waals surface area (Å²) in [5.74, 6) is 2.84. The van der Waals surface area contributed by atoms with Gasteiger partial charge in [0.2, 0.25) is 0 Å². The fourth-order valence-corrected chi connectivity index (χ4v) is 1.72. The minimum Gasteiger partial charge on any atom is -0.384 e. The topological polar surface area (TPSA) is 67.1 Å². The first kappa shape index (κ1) is 13.1. The summed E-state index contributed by atoms with van der Waals surface area (Å²) in [7, 11) is 2.12. The highest BCUT2D eigenvalue weighted by Gasteiger charge is 2.27. The van der Waals surface area contributed by atoms with E-state index in [-0.39, 0.29) is 0 Å². The average molecular weight is 249 g/mol. The molecule has 1 aliphatic rings. The molecule has 1 aromatic heterocycles. The molecular weight excluding hydrogens is 226 g/mol. The van der Waals surface area contributed by atoms with Crippen LogP contribution in [0.5, 0.6) is 0 Å². The zero-order valence-corrected chi connectivity index (χ0v) is 11.5. The van der Waals surface area contributed by atoms with E-state index in [2.05, 4.69) is 41.1 Å². The van der Waals surface area contributed by atoms with Crippen molar-refractivity contribution in [2.24, 2.45) is 0 Å². The number of nitrogens with two attached hydrogens (primary N) is 1. The second kappa shape index (κ2) is 5.52. The normalized spacial score (nSPS) is 15.4. The minimum atomic E-state index is 0.535. The monoisotopic (exact) mass is 249 g/mol. The third kappa shape index (κ3) is 3.57. The van der Waals surface area contributed by atoms with Gasteiger partial charge in [-0.2, -0.15) is 0 Å². The van der Waals surface area contributed by atoms with Gasteiger partial charge in [-0.25, -0.2) is 9.97 Å². The van der Waals surface area contributed by atoms with E-state index in [4.69, 9.17) is 5.73 Å². The van der Waals surface area contributed by atoms with Crippen LogP contribution < -0.4 is 11.1 Å². The molecule has 1 fully saturated rings. The molecule has 0 aromatic carbocycles. The van der Waals surface area contributed by atoms with Crippen LogP contribution in [-0.2, 0) is 0 Å². The van der Waals surface area contributed by atoms with Gasteiger partial charge in [0.15, 0.2) is 0 Å². The van der Waals surface area contributed by atoms with E-state index in [0.717, 1.165) is 24.7 Å². The molecule has 1 saturated carbocycles. The summed E-state index contributed by atoms with van der Waals surface area (Å²) < 4.78 is 0. The Kier molecular flexibility index (Phi) is 4.01. The van der Waals surface area contributed by atoms with Crippen molar-refractivity contribution in [2.45, 2.75) is 38.6 Å². The molecule has 1 heterocycles. The third-order valence-corrected chi connectivity index (χ3v) is 3.36. The van der Waals surface area contributed by atoms with Crippen LogP contribution in [-0.4, -0.2) is 41.0 Å². The van der Waals surface area contributed by atoms with Gasteiger partial charge < -0.3 is 16.0 Å². The van der Waals surface area contributed by atoms with Gasteiger partial charge in [-0.3, -0.25) is 0 Å². The molecule has 0 spiro atoms. The summed E-state index contributed by atoms with van der Waals surface area (Å²) in [5.41, 5.74) is 5.80. The van der Waals surface area contributed by atoms with Gasteiger partial charge in [0.05, 0.1) is 0 Å². The summed E-state index contributed by atoms with van der Waals surface area (Å²) in [6.45, 7) is 6.23. The first-order valence-corrected chi connectivity index (χ1v) is 6.65. The Hall–Kier alpha value is -1.36. The molecule has 5 nitrogen and oxygen atoms in total. The van der Waals surface area contributed by atoms with Crippen LogP contribution >= 0.6 is 0 Å². The number of likely N-dealkylation sites (N-methyl/N-ethyl adjacent to an activating group) is 1. The van der Waals surface area contributed by atoms with Gasteiger partial charge in [-0.1, -0.05) is 0 Å². The van der Waals surface area contributed by atoms with E-state index >= 15 is 0 Å². The van der Waals surface area contributed by atoms with Crippen LogP contribution in [0.1, 0.15) is 38.4 Å². The molecule has 2 rings (SSSR count). The molecule has 5 heteroatoms. The molecule has 0 aliphatic heterocycles. The number of nitrogens with zero attached hydrogens (tertiary/aromatic N) is 3. The third-order valence-electron chi connectivity index (χ3n) is 3.36. The maximum Gasteiger partial charge on any atom is 0.136 e. The Morgan fingerprint density at radius 3 is 2.78 bits per heavy atom. The molecule has 18 heavy (non-hydrogen) atoms. The van der Waals surface area contributed by atoms with Crippen LogP contribution in [0.3, 0.4) is 0 Å². The van der Waals surface area contributed by atoms with Crippen molar-refractivity contribution < 1.29 is 0 Å². The van der Waals surface area contributed by atoms with Crippen LogP contribution in [0.15, 0.2) is 6.07 Å². The molecule has 0 unspecified atom stereocenters. The highest BCUT2D eigenvalue weighted by Crippen LogP contribution is 2.38. The van der Waals surface area contributed by atoms with Crippen LogP contribution in [0.2, 0.25) is 0 Å². The van der Waals surface area contributed by atoms with Gasteiger partial charge in [0.1, 0.15) is 17.5 Å². The fraction of sp³-hybridized carbons (Fsp3) is 0.692. The molecular formula is C13H23N5. The largest absolute Gasteiger partial charge is 0.384 e. The number of aromatic nitrogens is 2. The molecule has 0 saturated heterocycles. The number of nitrogens with one attached hydrogen (secondary N) is 1. The highest BCUT2D eigenvalue weighted by molar-refractivity contribution is 5.45. The predicted molar refractivity (Wildman–Crippen MR) is 74.7 cm³/mol. The van der Waals surface area contributed by atoms with E-state index in [0.29, 0.717) is 17.8 Å². The Balaban J connectivity index is 1.88. The zero-order chi connectivity index (χ0) is 13.1. The standard InChI is InChI=1S/C13H23N5/c1-9(2)18(3)7-6-15-12-8-11(14)16-13(17-12)10-4-5-10/h8-10H,4-7H2,1-3H3,(H3,14,15,16,17). The van der Waals surface area contributed by atoms with E-state index < -0.39 is 0 Å². The lowest BCUT2D eigenvalue weighted by Gasteiger charge is -2.21. The Bertz CT molecular complexity index is 400. The quantitative estimate of drug-likeness (QED) is 0.803. The maximum absolute atomic E-state index is 5.80. The van der Waals surface area contributed by atoms with Crippen LogP contribution in [0.4, 0.5) is 11.6 Å². The number of hydrogen-bond acceptors (Lipinski definition) is 5. The number of nitrogen functional groups attached to an aromatic ring is 1. The van der Waals surface area contributed by atoms with Gasteiger partial charge in [0, 0.05) is 31.1 Å². The first-order valence-electron chi connectivity index (χ1n) is 6.65. The maximum atomic E-state index is 5.80. The lowest BCUT2D eigenvalue weighted by atomic mass is 10.3. The van der Waals surface area contributed by atoms with Crippen molar-refractivity contribution in [3.63, 3.8) is 0 Å². The molecule has 0 bridgehead atoms. The summed E-state index contributed by atoms with van der Waals surface area (Å²) >= 11 is 0. The van der Waals surface area contributed by atoms with Crippen molar-refractivity contribution in [3.05, 3.63) is 11.9 Å². The van der Waals surface area contributed by atoms with Crippen molar-refractivity contribution in [1.29, 1.82) is 0 Å². The molecule has 3 N–H and O–H groups in total. The Morgan fingerprint density at radius 1 is 1.44 bits per heavy atom. The lowest BCUT2D eigenvalue weighted by molar-refractivity contribution is 0.284. The zero-order valence-electron chi connectivity index (χ0n) is 11.5. The molecule has 1 aromatic rings. The summed E-state index contributed by atoms with van der Waals surface area (Å²) in [4.78, 5) is 11.1. The predicted octanol–water partition coefficient (Wildman–Crippen LogP) is 1.69. The van der Waals surface area contributed by atoms with Gasteiger partial charge in [-0.15, -0.1) is 0 Å². The van der Waals surface area contributed by atoms with Gasteiger partial charge in [0.25, 0.3) is 0 Å². The van der Waals surface area contributed by atoms with E-state index in [9.17, 15) is 0 Å². The second-order valence-electron chi connectivity index (χ2n) is 5.31. The SMILES string of the molecule is CC(C)N(C)CCNc1cc(N)nc(C2CC2)n1. The summed E-state index contributed by atoms with van der Waals surface area (Å²) in [5, 5.41) is 3.32. The van der Waals surface area contributed by atoms with Crippen molar-refractivity contribution in [2.75, 3.05) is 31.2 Å². The van der Waals surface area contributed by atoms with E-state index in [1.165, 1.54) is 12.8 Å². The lowest BCUT2D eigenvalue weighted by Crippen LogP contribution is -2.31. The first-order chi connectivity index (χ1) is 8.56. The molecule has 0 amide bonds. The van der Waals surface area contributed by atoms with Crippen LogP contribution in [0, 0.1) is 0 Å². The van der Waals surface area contributed by atoms with Gasteiger partial charge in [-0.05, 0) is 33.7 Å². The average Bonchev–Trinajstić information content (AvgIpc) is 3.11. The van der Waals surface area contributed by atoms with Gasteiger partial charge >= 0.3 is 0 Å². The molecule has 0 atom stereocenters. The van der Waals surface area contributed by atoms with Crippen molar-refractivity contribution in [1.82, 2.24) is 14.9 Å². The second-order valence-corrected chi connectivity index (χ2v) is 5.31. The molecule has 1 aliphatic carbocycles. The minimum absolute atomic E-state index is 0.535. The molecule has 0 radical (unpaired) electrons. The summed E-state index contributed by atoms with van der Waals surface area (Å²) in [6.07, 6.45) is 2.39. The van der Waals surface area contributed by atoms with E-state index in [1.807, 2.05) is 0 Å². The Morgan fingerprint density at radius 2 is 2.17 bits per heavy atom. The number of rotatable bonds is 6. The van der Waals surface area contributed by atoms with E-state index in [1.54, 1.807) is 6.07 Å². The van der Waals surface area contributed by atoms with Crippen molar-refractivity contribution in [3.8, 4) is 0 Å². The fourth-order valence-electron chi connectivity index (χ4n) is 1.72. The van der Waals surface area contributed by atoms with Crippen molar-refractivity contribution >= 4 is 11.6 Å². The summed E-state index contributed by atoms with van der Waals surface area (Å²) in [6, 6.07) is 2.37. The number of anilines is 2. The smallest absolute Gasteiger partial charge is 0.136 e. The Labute approximate surface area is 109 Å². The highest BCUT2D eigenvalue weighted by atomic mass is 15.1. The number of hydrogen-bond donors (Lipinski definition) is 2.